The molecule has 0 heterocycles. The van der Waals surface area contributed by atoms with E-state index in [9.17, 15) is 4.79 Å². The SMILES string of the molecule is C=C(NN)C1CCC(C(=O)OC)CC1. The van der Waals surface area contributed by atoms with Gasteiger partial charge >= 0.3 is 5.97 Å². The first kappa shape index (κ1) is 11.0. The summed E-state index contributed by atoms with van der Waals surface area (Å²) in [6.45, 7) is 3.83. The van der Waals surface area contributed by atoms with Crippen molar-refractivity contribution in [3.05, 3.63) is 12.3 Å². The van der Waals surface area contributed by atoms with E-state index in [1.165, 1.54) is 7.11 Å². The topological polar surface area (TPSA) is 64.3 Å². The first-order valence-corrected chi connectivity index (χ1v) is 4.92. The van der Waals surface area contributed by atoms with E-state index in [1.807, 2.05) is 0 Å². The van der Waals surface area contributed by atoms with Crippen LogP contribution in [0.3, 0.4) is 0 Å². The molecule has 1 saturated carbocycles. The summed E-state index contributed by atoms with van der Waals surface area (Å²) in [5, 5.41) is 0. The lowest BCUT2D eigenvalue weighted by molar-refractivity contribution is -0.146. The minimum atomic E-state index is -0.0882. The molecular formula is C10H18N2O2. The predicted molar refractivity (Wildman–Crippen MR) is 53.9 cm³/mol. The Kier molecular flexibility index (Phi) is 3.95. The molecule has 80 valence electrons. The lowest BCUT2D eigenvalue weighted by Gasteiger charge is -2.27. The third-order valence-electron chi connectivity index (χ3n) is 2.94. The van der Waals surface area contributed by atoms with Crippen molar-refractivity contribution in [2.24, 2.45) is 17.7 Å². The van der Waals surface area contributed by atoms with Gasteiger partial charge in [-0.05, 0) is 31.6 Å². The zero-order chi connectivity index (χ0) is 10.6. The molecule has 1 rings (SSSR count). The van der Waals surface area contributed by atoms with Crippen LogP contribution in [-0.4, -0.2) is 13.1 Å². The molecule has 4 heteroatoms. The van der Waals surface area contributed by atoms with Crippen molar-refractivity contribution in [1.82, 2.24) is 5.43 Å². The van der Waals surface area contributed by atoms with Crippen LogP contribution in [0.25, 0.3) is 0 Å². The average Bonchev–Trinajstić information content (AvgIpc) is 2.27. The Balaban J connectivity index is 2.38. The number of nitrogens with two attached hydrogens (primary N) is 1. The van der Waals surface area contributed by atoms with Crippen LogP contribution in [0.2, 0.25) is 0 Å². The molecule has 1 aliphatic carbocycles. The van der Waals surface area contributed by atoms with Crippen LogP contribution >= 0.6 is 0 Å². The molecule has 0 amide bonds. The normalized spacial score (nSPS) is 26.7. The van der Waals surface area contributed by atoms with Gasteiger partial charge in [-0.3, -0.25) is 10.6 Å². The van der Waals surface area contributed by atoms with E-state index >= 15 is 0 Å². The first-order valence-electron chi connectivity index (χ1n) is 4.92. The van der Waals surface area contributed by atoms with Crippen molar-refractivity contribution >= 4 is 5.97 Å². The number of carbonyl (C=O) groups excluding carboxylic acids is 1. The van der Waals surface area contributed by atoms with Gasteiger partial charge in [0.1, 0.15) is 0 Å². The van der Waals surface area contributed by atoms with Crippen LogP contribution in [0.15, 0.2) is 12.3 Å². The minimum Gasteiger partial charge on any atom is -0.469 e. The highest BCUT2D eigenvalue weighted by Gasteiger charge is 2.27. The molecule has 0 radical (unpaired) electrons. The fourth-order valence-electron chi connectivity index (χ4n) is 1.96. The Labute approximate surface area is 84.5 Å². The van der Waals surface area contributed by atoms with Gasteiger partial charge in [0.15, 0.2) is 0 Å². The third kappa shape index (κ3) is 2.48. The maximum absolute atomic E-state index is 11.2. The molecule has 0 unspecified atom stereocenters. The zero-order valence-corrected chi connectivity index (χ0v) is 8.58. The fraction of sp³-hybridized carbons (Fsp3) is 0.700. The number of hydrogen-bond donors (Lipinski definition) is 2. The summed E-state index contributed by atoms with van der Waals surface area (Å²) in [6, 6.07) is 0. The van der Waals surface area contributed by atoms with Crippen molar-refractivity contribution in [2.45, 2.75) is 25.7 Å². The number of hydrazine groups is 1. The van der Waals surface area contributed by atoms with Gasteiger partial charge in [-0.15, -0.1) is 0 Å². The Bertz CT molecular complexity index is 196. The summed E-state index contributed by atoms with van der Waals surface area (Å²) >= 11 is 0. The van der Waals surface area contributed by atoms with E-state index in [4.69, 9.17) is 10.6 Å². The second-order valence-corrected chi connectivity index (χ2v) is 3.74. The van der Waals surface area contributed by atoms with Crippen LogP contribution in [0.5, 0.6) is 0 Å². The van der Waals surface area contributed by atoms with E-state index in [1.54, 1.807) is 0 Å². The number of esters is 1. The molecule has 0 aromatic carbocycles. The quantitative estimate of drug-likeness (QED) is 0.402. The van der Waals surface area contributed by atoms with Crippen molar-refractivity contribution in [3.63, 3.8) is 0 Å². The van der Waals surface area contributed by atoms with E-state index < -0.39 is 0 Å². The first-order chi connectivity index (χ1) is 6.69. The van der Waals surface area contributed by atoms with Crippen LogP contribution in [0.1, 0.15) is 25.7 Å². The lowest BCUT2D eigenvalue weighted by atomic mass is 9.81. The van der Waals surface area contributed by atoms with Crippen molar-refractivity contribution < 1.29 is 9.53 Å². The molecule has 1 fully saturated rings. The Morgan fingerprint density at radius 1 is 1.36 bits per heavy atom. The van der Waals surface area contributed by atoms with Gasteiger partial charge in [-0.2, -0.15) is 0 Å². The monoisotopic (exact) mass is 198 g/mol. The van der Waals surface area contributed by atoms with Crippen LogP contribution in [0.4, 0.5) is 0 Å². The summed E-state index contributed by atoms with van der Waals surface area (Å²) in [5.74, 6) is 5.67. The van der Waals surface area contributed by atoms with Gasteiger partial charge in [-0.1, -0.05) is 6.58 Å². The van der Waals surface area contributed by atoms with Gasteiger partial charge < -0.3 is 10.2 Å². The molecule has 0 saturated heterocycles. The summed E-state index contributed by atoms with van der Waals surface area (Å²) in [7, 11) is 1.44. The number of hydrogen-bond acceptors (Lipinski definition) is 4. The highest BCUT2D eigenvalue weighted by Crippen LogP contribution is 2.32. The second-order valence-electron chi connectivity index (χ2n) is 3.74. The summed E-state index contributed by atoms with van der Waals surface area (Å²) < 4.78 is 4.71. The van der Waals surface area contributed by atoms with Gasteiger partial charge in [0.2, 0.25) is 0 Å². The average molecular weight is 198 g/mol. The number of allylic oxidation sites excluding steroid dienone is 1. The van der Waals surface area contributed by atoms with Crippen molar-refractivity contribution in [3.8, 4) is 0 Å². The largest absolute Gasteiger partial charge is 0.469 e. The third-order valence-corrected chi connectivity index (χ3v) is 2.94. The van der Waals surface area contributed by atoms with E-state index in [0.717, 1.165) is 31.4 Å². The molecule has 0 aliphatic heterocycles. The number of methoxy groups -OCH3 is 1. The number of rotatable bonds is 3. The molecule has 1 aliphatic rings. The van der Waals surface area contributed by atoms with Crippen molar-refractivity contribution in [1.29, 1.82) is 0 Å². The van der Waals surface area contributed by atoms with E-state index in [-0.39, 0.29) is 11.9 Å². The summed E-state index contributed by atoms with van der Waals surface area (Å²) in [4.78, 5) is 11.2. The van der Waals surface area contributed by atoms with Crippen LogP contribution in [-0.2, 0) is 9.53 Å². The van der Waals surface area contributed by atoms with Crippen LogP contribution < -0.4 is 11.3 Å². The molecule has 4 nitrogen and oxygen atoms in total. The second kappa shape index (κ2) is 5.00. The molecule has 0 spiro atoms. The minimum absolute atomic E-state index is 0.0711. The molecule has 3 N–H and O–H groups in total. The molecule has 0 aromatic rings. The zero-order valence-electron chi connectivity index (χ0n) is 8.58. The Hall–Kier alpha value is -1.03. The van der Waals surface area contributed by atoms with Gasteiger partial charge in [0.25, 0.3) is 0 Å². The molecule has 0 bridgehead atoms. The fourth-order valence-corrected chi connectivity index (χ4v) is 1.96. The van der Waals surface area contributed by atoms with Gasteiger partial charge in [0.05, 0.1) is 13.0 Å². The predicted octanol–water partition coefficient (Wildman–Crippen LogP) is 0.943. The van der Waals surface area contributed by atoms with E-state index in [0.29, 0.717) is 5.92 Å². The summed E-state index contributed by atoms with van der Waals surface area (Å²) in [6.07, 6.45) is 3.67. The smallest absolute Gasteiger partial charge is 0.308 e. The van der Waals surface area contributed by atoms with Crippen LogP contribution in [0, 0.1) is 11.8 Å². The number of carbonyl (C=O) groups is 1. The highest BCUT2D eigenvalue weighted by atomic mass is 16.5. The Morgan fingerprint density at radius 3 is 2.29 bits per heavy atom. The molecule has 0 aromatic heterocycles. The lowest BCUT2D eigenvalue weighted by Crippen LogP contribution is -2.30. The Morgan fingerprint density at radius 2 is 1.86 bits per heavy atom. The van der Waals surface area contributed by atoms with Gasteiger partial charge in [0, 0.05) is 5.70 Å². The standard InChI is InChI=1S/C10H18N2O2/c1-7(12-11)8-3-5-9(6-4-8)10(13)14-2/h8-9,12H,1,3-6,11H2,2H3. The maximum Gasteiger partial charge on any atom is 0.308 e. The summed E-state index contributed by atoms with van der Waals surface area (Å²) in [5.41, 5.74) is 3.45. The van der Waals surface area contributed by atoms with E-state index in [2.05, 4.69) is 12.0 Å². The molecular weight excluding hydrogens is 180 g/mol. The maximum atomic E-state index is 11.2. The number of ether oxygens (including phenoxy) is 1. The number of nitrogens with one attached hydrogen (secondary N) is 1. The molecule has 0 atom stereocenters. The highest BCUT2D eigenvalue weighted by molar-refractivity contribution is 5.72. The van der Waals surface area contributed by atoms with Gasteiger partial charge in [-0.25, -0.2) is 0 Å². The molecule has 14 heavy (non-hydrogen) atoms. The van der Waals surface area contributed by atoms with Crippen molar-refractivity contribution in [2.75, 3.05) is 7.11 Å².